The van der Waals surface area contributed by atoms with Crippen LogP contribution in [0.1, 0.15) is 6.92 Å². The third kappa shape index (κ3) is 1.71. The second-order valence-electron chi connectivity index (χ2n) is 3.54. The summed E-state index contributed by atoms with van der Waals surface area (Å²) < 4.78 is 6.97. The molecule has 5 nitrogen and oxygen atoms in total. The van der Waals surface area contributed by atoms with Crippen molar-refractivity contribution in [1.29, 1.82) is 0 Å². The number of fused-ring (bicyclic) bond motifs is 1. The summed E-state index contributed by atoms with van der Waals surface area (Å²) in [4.78, 5) is 14.9. The first-order valence-electron chi connectivity index (χ1n) is 4.90. The molecule has 0 radical (unpaired) electrons. The number of carboxylic acid groups (broad SMARTS) is 1. The van der Waals surface area contributed by atoms with E-state index in [1.807, 2.05) is 24.3 Å². The third-order valence-corrected chi connectivity index (χ3v) is 2.38. The number of hydrogen-bond acceptors (Lipinski definition) is 3. The van der Waals surface area contributed by atoms with Crippen LogP contribution in [0.2, 0.25) is 0 Å². The minimum Gasteiger partial charge on any atom is -0.479 e. The molecule has 1 aromatic carbocycles. The van der Waals surface area contributed by atoms with Crippen LogP contribution in [0.15, 0.2) is 24.3 Å². The number of carboxylic acids is 1. The first-order valence-corrected chi connectivity index (χ1v) is 4.90. The smallest absolute Gasteiger partial charge is 0.344 e. The Balaban J connectivity index is 2.38. The van der Waals surface area contributed by atoms with Crippen LogP contribution in [0.3, 0.4) is 0 Å². The van der Waals surface area contributed by atoms with E-state index in [9.17, 15) is 4.79 Å². The highest BCUT2D eigenvalue weighted by molar-refractivity contribution is 5.77. The average Bonchev–Trinajstić information content (AvgIpc) is 2.56. The molecule has 0 aliphatic heterocycles. The van der Waals surface area contributed by atoms with E-state index in [-0.39, 0.29) is 0 Å². The molecular weight excluding hydrogens is 208 g/mol. The van der Waals surface area contributed by atoms with E-state index in [0.717, 1.165) is 11.0 Å². The van der Waals surface area contributed by atoms with Gasteiger partial charge in [-0.2, -0.15) is 4.98 Å². The van der Waals surface area contributed by atoms with Gasteiger partial charge in [-0.25, -0.2) is 4.79 Å². The number of para-hydroxylation sites is 2. The lowest BCUT2D eigenvalue weighted by Gasteiger charge is -2.08. The second-order valence-corrected chi connectivity index (χ2v) is 3.54. The fourth-order valence-electron chi connectivity index (χ4n) is 1.44. The SMILES string of the molecule is CC(Oc1nc2ccccc2n1C)C(=O)O. The van der Waals surface area contributed by atoms with Crippen LogP contribution >= 0.6 is 0 Å². The van der Waals surface area contributed by atoms with E-state index < -0.39 is 12.1 Å². The van der Waals surface area contributed by atoms with Crippen LogP contribution < -0.4 is 4.74 Å². The molecule has 1 atom stereocenters. The normalized spacial score (nSPS) is 12.6. The van der Waals surface area contributed by atoms with Gasteiger partial charge in [0.1, 0.15) is 0 Å². The molecular formula is C11H12N2O3. The van der Waals surface area contributed by atoms with Crippen molar-refractivity contribution in [2.45, 2.75) is 13.0 Å². The maximum Gasteiger partial charge on any atom is 0.344 e. The Bertz CT molecular complexity index is 533. The van der Waals surface area contributed by atoms with E-state index in [1.165, 1.54) is 6.92 Å². The topological polar surface area (TPSA) is 64.4 Å². The zero-order chi connectivity index (χ0) is 11.7. The minimum atomic E-state index is -1.01. The van der Waals surface area contributed by atoms with Gasteiger partial charge in [-0.05, 0) is 19.1 Å². The standard InChI is InChI=1S/C11H12N2O3/c1-7(10(14)15)16-11-12-8-5-3-4-6-9(8)13(11)2/h3-7H,1-2H3,(H,14,15). The number of aryl methyl sites for hydroxylation is 1. The molecule has 0 amide bonds. The number of nitrogens with zero attached hydrogens (tertiary/aromatic N) is 2. The molecule has 0 saturated heterocycles. The third-order valence-electron chi connectivity index (χ3n) is 2.38. The summed E-state index contributed by atoms with van der Waals surface area (Å²) in [6.07, 6.45) is -0.907. The van der Waals surface area contributed by atoms with E-state index in [1.54, 1.807) is 11.6 Å². The van der Waals surface area contributed by atoms with Crippen molar-refractivity contribution in [3.05, 3.63) is 24.3 Å². The Labute approximate surface area is 92.3 Å². The molecule has 2 rings (SSSR count). The molecule has 0 bridgehead atoms. The van der Waals surface area contributed by atoms with Gasteiger partial charge in [-0.3, -0.25) is 4.57 Å². The first kappa shape index (κ1) is 10.5. The van der Waals surface area contributed by atoms with Gasteiger partial charge in [0.15, 0.2) is 6.10 Å². The molecule has 0 aliphatic carbocycles. The summed E-state index contributed by atoms with van der Waals surface area (Å²) in [5, 5.41) is 8.75. The van der Waals surface area contributed by atoms with Crippen LogP contribution in [-0.2, 0) is 11.8 Å². The van der Waals surface area contributed by atoms with Crippen LogP contribution in [0.5, 0.6) is 6.01 Å². The molecule has 1 N–H and O–H groups in total. The number of aliphatic carboxylic acids is 1. The first-order chi connectivity index (χ1) is 7.59. The van der Waals surface area contributed by atoms with Crippen LogP contribution in [0.25, 0.3) is 11.0 Å². The summed E-state index contributed by atoms with van der Waals surface area (Å²) in [5.41, 5.74) is 1.70. The molecule has 1 aromatic heterocycles. The number of hydrogen-bond donors (Lipinski definition) is 1. The average molecular weight is 220 g/mol. The second kappa shape index (κ2) is 3.84. The minimum absolute atomic E-state index is 0.316. The van der Waals surface area contributed by atoms with Gasteiger partial charge < -0.3 is 9.84 Å². The zero-order valence-corrected chi connectivity index (χ0v) is 9.04. The van der Waals surface area contributed by atoms with Crippen molar-refractivity contribution in [3.63, 3.8) is 0 Å². The molecule has 0 aliphatic rings. The number of benzene rings is 1. The van der Waals surface area contributed by atoms with Gasteiger partial charge >= 0.3 is 5.97 Å². The van der Waals surface area contributed by atoms with Crippen molar-refractivity contribution < 1.29 is 14.6 Å². The van der Waals surface area contributed by atoms with Crippen molar-refractivity contribution in [2.75, 3.05) is 0 Å². The number of aromatic nitrogens is 2. The van der Waals surface area contributed by atoms with Crippen molar-refractivity contribution >= 4 is 17.0 Å². The molecule has 16 heavy (non-hydrogen) atoms. The monoisotopic (exact) mass is 220 g/mol. The van der Waals surface area contributed by atoms with Gasteiger partial charge in [-0.15, -0.1) is 0 Å². The van der Waals surface area contributed by atoms with Gasteiger partial charge in [0.25, 0.3) is 6.01 Å². The molecule has 5 heteroatoms. The maximum absolute atomic E-state index is 10.7. The lowest BCUT2D eigenvalue weighted by atomic mass is 10.3. The van der Waals surface area contributed by atoms with Crippen molar-refractivity contribution in [2.24, 2.45) is 7.05 Å². The molecule has 84 valence electrons. The maximum atomic E-state index is 10.7. The Morgan fingerprint density at radius 2 is 2.19 bits per heavy atom. The highest BCUT2D eigenvalue weighted by Gasteiger charge is 2.16. The number of rotatable bonds is 3. The van der Waals surface area contributed by atoms with Crippen LogP contribution in [-0.4, -0.2) is 26.7 Å². The summed E-state index contributed by atoms with van der Waals surface area (Å²) >= 11 is 0. The van der Waals surface area contributed by atoms with E-state index in [4.69, 9.17) is 9.84 Å². The molecule has 1 heterocycles. The quantitative estimate of drug-likeness (QED) is 0.849. The molecule has 1 unspecified atom stereocenters. The largest absolute Gasteiger partial charge is 0.479 e. The summed E-state index contributed by atoms with van der Waals surface area (Å²) in [6.45, 7) is 1.47. The van der Waals surface area contributed by atoms with E-state index >= 15 is 0 Å². The highest BCUT2D eigenvalue weighted by Crippen LogP contribution is 2.19. The van der Waals surface area contributed by atoms with Gasteiger partial charge in [0.05, 0.1) is 11.0 Å². The summed E-state index contributed by atoms with van der Waals surface area (Å²) in [7, 11) is 1.79. The number of ether oxygens (including phenoxy) is 1. The molecule has 0 spiro atoms. The lowest BCUT2D eigenvalue weighted by Crippen LogP contribution is -2.24. The predicted octanol–water partition coefficient (Wildman–Crippen LogP) is 1.43. The fraction of sp³-hybridized carbons (Fsp3) is 0.273. The Morgan fingerprint density at radius 1 is 1.50 bits per heavy atom. The Kier molecular flexibility index (Phi) is 2.52. The van der Waals surface area contributed by atoms with E-state index in [2.05, 4.69) is 4.98 Å². The lowest BCUT2D eigenvalue weighted by molar-refractivity contribution is -0.144. The molecule has 0 saturated carbocycles. The molecule has 0 fully saturated rings. The van der Waals surface area contributed by atoms with Crippen LogP contribution in [0.4, 0.5) is 0 Å². The Hall–Kier alpha value is -2.04. The fourth-order valence-corrected chi connectivity index (χ4v) is 1.44. The van der Waals surface area contributed by atoms with Crippen molar-refractivity contribution in [3.8, 4) is 6.01 Å². The summed E-state index contributed by atoms with van der Waals surface area (Å²) in [5.74, 6) is -1.01. The van der Waals surface area contributed by atoms with E-state index in [0.29, 0.717) is 6.01 Å². The number of carbonyl (C=O) groups is 1. The van der Waals surface area contributed by atoms with Gasteiger partial charge in [0.2, 0.25) is 0 Å². The predicted molar refractivity (Wildman–Crippen MR) is 58.4 cm³/mol. The van der Waals surface area contributed by atoms with Crippen LogP contribution in [0, 0.1) is 0 Å². The number of imidazole rings is 1. The summed E-state index contributed by atoms with van der Waals surface area (Å²) in [6, 6.07) is 7.85. The highest BCUT2D eigenvalue weighted by atomic mass is 16.5. The van der Waals surface area contributed by atoms with Gasteiger partial charge in [0, 0.05) is 7.05 Å². The zero-order valence-electron chi connectivity index (χ0n) is 9.04. The Morgan fingerprint density at radius 3 is 2.81 bits per heavy atom. The molecule has 2 aromatic rings. The van der Waals surface area contributed by atoms with Gasteiger partial charge in [-0.1, -0.05) is 12.1 Å². The van der Waals surface area contributed by atoms with Crippen molar-refractivity contribution in [1.82, 2.24) is 9.55 Å².